The Morgan fingerprint density at radius 3 is 1.70 bits per heavy atom. The van der Waals surface area contributed by atoms with Crippen LogP contribution in [0.25, 0.3) is 0 Å². The van der Waals surface area contributed by atoms with Gasteiger partial charge < -0.3 is 4.90 Å². The average molecular weight is 335 g/mol. The summed E-state index contributed by atoms with van der Waals surface area (Å²) >= 11 is 0. The molecule has 0 amide bonds. The van der Waals surface area contributed by atoms with Crippen molar-refractivity contribution in [3.63, 3.8) is 0 Å². The number of azo groups is 1. The smallest absolute Gasteiger partial charge is 0.332 e. The summed E-state index contributed by atoms with van der Waals surface area (Å²) in [5.74, 6) is 0. The van der Waals surface area contributed by atoms with E-state index in [1.807, 2.05) is 24.3 Å². The van der Waals surface area contributed by atoms with E-state index in [-0.39, 0.29) is 4.90 Å². The standard InChI is InChI=1S/C16H18FN3O2S/c1-3-20(4-2)15-9-5-13(6-10-15)18-19-14-7-11-16(12-8-14)23(17,21)22/h5-12H,3-4H2,1-2H3. The maximum atomic E-state index is 12.8. The highest BCUT2D eigenvalue weighted by Crippen LogP contribution is 2.23. The van der Waals surface area contributed by atoms with E-state index in [1.54, 1.807) is 0 Å². The van der Waals surface area contributed by atoms with E-state index < -0.39 is 10.2 Å². The third-order valence-electron chi connectivity index (χ3n) is 3.38. The Morgan fingerprint density at radius 2 is 1.30 bits per heavy atom. The van der Waals surface area contributed by atoms with E-state index in [4.69, 9.17) is 0 Å². The Labute approximate surface area is 135 Å². The van der Waals surface area contributed by atoms with Crippen molar-refractivity contribution in [3.8, 4) is 0 Å². The zero-order valence-corrected chi connectivity index (χ0v) is 13.8. The monoisotopic (exact) mass is 335 g/mol. The highest BCUT2D eigenvalue weighted by Gasteiger charge is 2.10. The summed E-state index contributed by atoms with van der Waals surface area (Å²) in [5, 5.41) is 8.09. The van der Waals surface area contributed by atoms with Crippen LogP contribution in [0.3, 0.4) is 0 Å². The molecule has 0 aromatic heterocycles. The molecule has 122 valence electrons. The van der Waals surface area contributed by atoms with Crippen LogP contribution in [0.1, 0.15) is 13.8 Å². The van der Waals surface area contributed by atoms with E-state index >= 15 is 0 Å². The normalized spacial score (nSPS) is 11.8. The number of halogens is 1. The molecule has 0 bridgehead atoms. The molecule has 23 heavy (non-hydrogen) atoms. The number of hydrogen-bond donors (Lipinski definition) is 0. The van der Waals surface area contributed by atoms with Crippen molar-refractivity contribution < 1.29 is 12.3 Å². The van der Waals surface area contributed by atoms with Gasteiger partial charge in [-0.1, -0.05) is 0 Å². The zero-order valence-electron chi connectivity index (χ0n) is 13.0. The largest absolute Gasteiger partial charge is 0.372 e. The molecule has 2 aromatic rings. The van der Waals surface area contributed by atoms with Crippen molar-refractivity contribution in [1.82, 2.24) is 0 Å². The molecule has 0 aliphatic rings. The van der Waals surface area contributed by atoms with Crippen LogP contribution in [0, 0.1) is 0 Å². The summed E-state index contributed by atoms with van der Waals surface area (Å²) in [4.78, 5) is 1.83. The van der Waals surface area contributed by atoms with Crippen LogP contribution in [0.2, 0.25) is 0 Å². The molecule has 0 fully saturated rings. The number of nitrogens with zero attached hydrogens (tertiary/aromatic N) is 3. The quantitative estimate of drug-likeness (QED) is 0.572. The Bertz CT molecular complexity index is 768. The summed E-state index contributed by atoms with van der Waals surface area (Å²) in [6.45, 7) is 6.05. The van der Waals surface area contributed by atoms with Gasteiger partial charge in [0.1, 0.15) is 0 Å². The average Bonchev–Trinajstić information content (AvgIpc) is 2.55. The van der Waals surface area contributed by atoms with Gasteiger partial charge in [0.2, 0.25) is 0 Å². The summed E-state index contributed by atoms with van der Waals surface area (Å²) < 4.78 is 34.2. The molecule has 0 atom stereocenters. The number of benzene rings is 2. The highest BCUT2D eigenvalue weighted by atomic mass is 32.3. The van der Waals surface area contributed by atoms with Crippen molar-refractivity contribution >= 4 is 27.3 Å². The topological polar surface area (TPSA) is 62.1 Å². The Hall–Kier alpha value is -2.28. The van der Waals surface area contributed by atoms with Crippen LogP contribution in [0.5, 0.6) is 0 Å². The van der Waals surface area contributed by atoms with Gasteiger partial charge in [0.05, 0.1) is 16.3 Å². The van der Waals surface area contributed by atoms with Gasteiger partial charge in [-0.15, -0.1) is 3.89 Å². The highest BCUT2D eigenvalue weighted by molar-refractivity contribution is 7.86. The molecule has 0 heterocycles. The first-order valence-electron chi connectivity index (χ1n) is 7.25. The predicted molar refractivity (Wildman–Crippen MR) is 88.9 cm³/mol. The minimum Gasteiger partial charge on any atom is -0.372 e. The fourth-order valence-electron chi connectivity index (χ4n) is 2.11. The van der Waals surface area contributed by atoms with Gasteiger partial charge in [0.25, 0.3) is 0 Å². The van der Waals surface area contributed by atoms with Gasteiger partial charge in [0.15, 0.2) is 0 Å². The molecule has 0 aliphatic heterocycles. The van der Waals surface area contributed by atoms with Crippen molar-refractivity contribution in [2.45, 2.75) is 18.7 Å². The molecular weight excluding hydrogens is 317 g/mol. The molecule has 0 aliphatic carbocycles. The molecule has 0 N–H and O–H groups in total. The maximum Gasteiger partial charge on any atom is 0.332 e. The summed E-state index contributed by atoms with van der Waals surface area (Å²) in [6.07, 6.45) is 0. The number of anilines is 1. The molecular formula is C16H18FN3O2S. The molecule has 0 saturated heterocycles. The van der Waals surface area contributed by atoms with E-state index in [2.05, 4.69) is 29.0 Å². The molecule has 0 radical (unpaired) electrons. The SMILES string of the molecule is CCN(CC)c1ccc(N=Nc2ccc(S(=O)(=O)F)cc2)cc1. The molecule has 5 nitrogen and oxygen atoms in total. The Morgan fingerprint density at radius 1 is 0.870 bits per heavy atom. The Kier molecular flexibility index (Phi) is 5.44. The summed E-state index contributed by atoms with van der Waals surface area (Å²) in [7, 11) is -4.68. The molecule has 0 saturated carbocycles. The first kappa shape index (κ1) is 17.1. The zero-order chi connectivity index (χ0) is 16.9. The Balaban J connectivity index is 2.11. The first-order valence-corrected chi connectivity index (χ1v) is 8.64. The van der Waals surface area contributed by atoms with Crippen LogP contribution in [-0.2, 0) is 10.2 Å². The fourth-order valence-corrected chi connectivity index (χ4v) is 2.57. The summed E-state index contributed by atoms with van der Waals surface area (Å²) in [5.41, 5.74) is 2.25. The van der Waals surface area contributed by atoms with Crippen LogP contribution >= 0.6 is 0 Å². The van der Waals surface area contributed by atoms with Gasteiger partial charge in [-0.3, -0.25) is 0 Å². The van der Waals surface area contributed by atoms with Crippen molar-refractivity contribution in [2.24, 2.45) is 10.2 Å². The second-order valence-corrected chi connectivity index (χ2v) is 6.17. The second kappa shape index (κ2) is 7.32. The van der Waals surface area contributed by atoms with Gasteiger partial charge in [-0.2, -0.15) is 18.6 Å². The van der Waals surface area contributed by atoms with E-state index in [9.17, 15) is 12.3 Å². The van der Waals surface area contributed by atoms with Crippen molar-refractivity contribution in [2.75, 3.05) is 18.0 Å². The van der Waals surface area contributed by atoms with Gasteiger partial charge in [-0.25, -0.2) is 0 Å². The van der Waals surface area contributed by atoms with Gasteiger partial charge in [-0.05, 0) is 62.4 Å². The third kappa shape index (κ3) is 4.59. The van der Waals surface area contributed by atoms with Gasteiger partial charge >= 0.3 is 10.2 Å². The molecule has 2 rings (SSSR count). The number of hydrogen-bond acceptors (Lipinski definition) is 5. The minimum absolute atomic E-state index is 0.389. The molecule has 0 spiro atoms. The number of rotatable bonds is 6. The van der Waals surface area contributed by atoms with Gasteiger partial charge in [0, 0.05) is 18.8 Å². The van der Waals surface area contributed by atoms with Crippen molar-refractivity contribution in [3.05, 3.63) is 48.5 Å². The summed E-state index contributed by atoms with van der Waals surface area (Å²) in [6, 6.07) is 12.8. The lowest BCUT2D eigenvalue weighted by molar-refractivity contribution is 0.552. The van der Waals surface area contributed by atoms with Crippen LogP contribution in [0.15, 0.2) is 63.7 Å². The molecule has 7 heteroatoms. The molecule has 0 unspecified atom stereocenters. The lowest BCUT2D eigenvalue weighted by Gasteiger charge is -2.20. The van der Waals surface area contributed by atoms with Crippen molar-refractivity contribution in [1.29, 1.82) is 0 Å². The lowest BCUT2D eigenvalue weighted by atomic mass is 10.2. The van der Waals surface area contributed by atoms with Crippen LogP contribution in [-0.4, -0.2) is 21.5 Å². The van der Waals surface area contributed by atoms with E-state index in [0.717, 1.165) is 30.9 Å². The lowest BCUT2D eigenvalue weighted by Crippen LogP contribution is -2.21. The maximum absolute atomic E-state index is 12.8. The minimum atomic E-state index is -4.68. The van der Waals surface area contributed by atoms with Crippen LogP contribution < -0.4 is 4.90 Å². The molecule has 2 aromatic carbocycles. The second-order valence-electron chi connectivity index (χ2n) is 4.82. The van der Waals surface area contributed by atoms with Crippen LogP contribution in [0.4, 0.5) is 20.9 Å². The first-order chi connectivity index (χ1) is 10.9. The van der Waals surface area contributed by atoms with E-state index in [1.165, 1.54) is 12.1 Å². The fraction of sp³-hybridized carbons (Fsp3) is 0.250. The predicted octanol–water partition coefficient (Wildman–Crippen LogP) is 4.61. The third-order valence-corrected chi connectivity index (χ3v) is 4.21. The van der Waals surface area contributed by atoms with E-state index in [0.29, 0.717) is 11.4 Å².